The number of nitrogens with one attached hydrogen (secondary N) is 1. The van der Waals surface area contributed by atoms with Gasteiger partial charge in [0.2, 0.25) is 0 Å². The summed E-state index contributed by atoms with van der Waals surface area (Å²) in [6.45, 7) is 7.10. The Balaban J connectivity index is 2.36. The third kappa shape index (κ3) is 3.81. The second-order valence-corrected chi connectivity index (χ2v) is 6.77. The molecule has 0 bridgehead atoms. The average Bonchev–Trinajstić information content (AvgIpc) is 2.72. The van der Waals surface area contributed by atoms with Gasteiger partial charge in [-0.05, 0) is 48.8 Å². The molecule has 0 unspecified atom stereocenters. The van der Waals surface area contributed by atoms with Crippen molar-refractivity contribution >= 4 is 27.5 Å². The average molecular weight is 343 g/mol. The first-order chi connectivity index (χ1) is 8.87. The van der Waals surface area contributed by atoms with E-state index in [9.17, 15) is 0 Å². The molecule has 0 aliphatic carbocycles. The molecule has 0 saturated heterocycles. The van der Waals surface area contributed by atoms with E-state index in [0.717, 1.165) is 20.7 Å². The Morgan fingerprint density at radius 1 is 1.37 bits per heavy atom. The van der Waals surface area contributed by atoms with Crippen LogP contribution in [0, 0.1) is 0 Å². The van der Waals surface area contributed by atoms with Gasteiger partial charge < -0.3 is 5.32 Å². The van der Waals surface area contributed by atoms with Crippen LogP contribution in [0.3, 0.4) is 0 Å². The first-order valence-corrected chi connectivity index (χ1v) is 7.27. The predicted molar refractivity (Wildman–Crippen MR) is 82.9 cm³/mol. The molecule has 102 valence electrons. The predicted octanol–water partition coefficient (Wildman–Crippen LogP) is 4.18. The van der Waals surface area contributed by atoms with Crippen molar-refractivity contribution in [3.05, 3.63) is 45.7 Å². The summed E-state index contributed by atoms with van der Waals surface area (Å²) < 4.78 is 2.78. The summed E-state index contributed by atoms with van der Waals surface area (Å²) in [7, 11) is 0. The molecule has 0 aliphatic rings. The van der Waals surface area contributed by atoms with Gasteiger partial charge >= 0.3 is 0 Å². The van der Waals surface area contributed by atoms with Crippen LogP contribution in [0.5, 0.6) is 0 Å². The van der Waals surface area contributed by atoms with Gasteiger partial charge in [-0.2, -0.15) is 5.10 Å². The lowest BCUT2D eigenvalue weighted by molar-refractivity contribution is 0.424. The molecule has 1 aromatic carbocycles. The molecule has 2 rings (SSSR count). The molecule has 1 aromatic heterocycles. The Morgan fingerprint density at radius 2 is 2.11 bits per heavy atom. The fourth-order valence-corrected chi connectivity index (χ4v) is 2.24. The minimum atomic E-state index is 0.0428. The zero-order chi connectivity index (χ0) is 14.0. The zero-order valence-electron chi connectivity index (χ0n) is 11.2. The van der Waals surface area contributed by atoms with Crippen molar-refractivity contribution in [2.75, 3.05) is 0 Å². The second kappa shape index (κ2) is 5.65. The van der Waals surface area contributed by atoms with Gasteiger partial charge in [0.1, 0.15) is 0 Å². The van der Waals surface area contributed by atoms with Crippen LogP contribution in [0.25, 0.3) is 5.69 Å². The summed E-state index contributed by atoms with van der Waals surface area (Å²) in [5.41, 5.74) is 2.09. The highest BCUT2D eigenvalue weighted by atomic mass is 79.9. The van der Waals surface area contributed by atoms with Crippen molar-refractivity contribution in [2.45, 2.75) is 32.9 Å². The summed E-state index contributed by atoms with van der Waals surface area (Å²) >= 11 is 9.73. The molecule has 0 spiro atoms. The van der Waals surface area contributed by atoms with Crippen molar-refractivity contribution in [1.29, 1.82) is 0 Å². The van der Waals surface area contributed by atoms with E-state index in [2.05, 4.69) is 47.1 Å². The number of aromatic nitrogens is 2. The summed E-state index contributed by atoms with van der Waals surface area (Å²) in [6, 6.07) is 5.86. The van der Waals surface area contributed by atoms with E-state index in [1.807, 2.05) is 29.1 Å². The third-order valence-corrected chi connectivity index (χ3v) is 3.45. The number of hydrogen-bond acceptors (Lipinski definition) is 2. The Bertz CT molecular complexity index is 572. The van der Waals surface area contributed by atoms with Gasteiger partial charge in [0.05, 0.1) is 16.4 Å². The van der Waals surface area contributed by atoms with Gasteiger partial charge in [0, 0.05) is 28.9 Å². The van der Waals surface area contributed by atoms with Crippen LogP contribution in [0.2, 0.25) is 5.02 Å². The fraction of sp³-hybridized carbons (Fsp3) is 0.357. The number of benzene rings is 1. The summed E-state index contributed by atoms with van der Waals surface area (Å²) in [4.78, 5) is 0. The van der Waals surface area contributed by atoms with E-state index >= 15 is 0 Å². The molecule has 3 nitrogen and oxygen atoms in total. The number of nitrogens with zero attached hydrogens (tertiary/aromatic N) is 2. The molecule has 5 heteroatoms. The van der Waals surface area contributed by atoms with Crippen molar-refractivity contribution < 1.29 is 0 Å². The van der Waals surface area contributed by atoms with Crippen molar-refractivity contribution in [3.8, 4) is 5.69 Å². The van der Waals surface area contributed by atoms with Crippen LogP contribution in [0.15, 0.2) is 35.1 Å². The maximum atomic E-state index is 6.32. The van der Waals surface area contributed by atoms with E-state index in [-0.39, 0.29) is 5.54 Å². The molecule has 0 atom stereocenters. The molecule has 1 N–H and O–H groups in total. The van der Waals surface area contributed by atoms with Crippen LogP contribution in [0.1, 0.15) is 26.3 Å². The lowest BCUT2D eigenvalue weighted by atomic mass is 10.1. The molecule has 0 amide bonds. The monoisotopic (exact) mass is 341 g/mol. The Kier molecular flexibility index (Phi) is 4.33. The van der Waals surface area contributed by atoms with Gasteiger partial charge in [-0.1, -0.05) is 17.7 Å². The first-order valence-electron chi connectivity index (χ1n) is 6.10. The van der Waals surface area contributed by atoms with Crippen LogP contribution in [-0.2, 0) is 6.54 Å². The van der Waals surface area contributed by atoms with E-state index in [1.54, 1.807) is 6.20 Å². The topological polar surface area (TPSA) is 29.9 Å². The molecule has 2 aromatic rings. The van der Waals surface area contributed by atoms with E-state index in [1.165, 1.54) is 0 Å². The maximum Gasteiger partial charge on any atom is 0.0705 e. The largest absolute Gasteiger partial charge is 0.308 e. The highest BCUT2D eigenvalue weighted by Gasteiger charge is 2.14. The minimum absolute atomic E-state index is 0.0428. The zero-order valence-corrected chi connectivity index (χ0v) is 13.6. The van der Waals surface area contributed by atoms with Crippen molar-refractivity contribution in [2.24, 2.45) is 0 Å². The molecular formula is C14H17BrClN3. The maximum absolute atomic E-state index is 6.32. The van der Waals surface area contributed by atoms with Crippen molar-refractivity contribution in [1.82, 2.24) is 15.1 Å². The number of rotatable bonds is 3. The second-order valence-electron chi connectivity index (χ2n) is 5.44. The quantitative estimate of drug-likeness (QED) is 0.907. The highest BCUT2D eigenvalue weighted by Crippen LogP contribution is 2.24. The van der Waals surface area contributed by atoms with E-state index < -0.39 is 0 Å². The smallest absolute Gasteiger partial charge is 0.0705 e. The van der Waals surface area contributed by atoms with Crippen LogP contribution in [0.4, 0.5) is 0 Å². The van der Waals surface area contributed by atoms with Crippen LogP contribution in [-0.4, -0.2) is 15.3 Å². The van der Waals surface area contributed by atoms with Gasteiger partial charge in [0.15, 0.2) is 0 Å². The van der Waals surface area contributed by atoms with Crippen molar-refractivity contribution in [3.63, 3.8) is 0 Å². The molecule has 0 aliphatic heterocycles. The van der Waals surface area contributed by atoms with Gasteiger partial charge in [-0.25, -0.2) is 4.68 Å². The first kappa shape index (κ1) is 14.6. The molecule has 0 saturated carbocycles. The molecule has 0 radical (unpaired) electrons. The number of hydrogen-bond donors (Lipinski definition) is 1. The van der Waals surface area contributed by atoms with E-state index in [4.69, 9.17) is 11.6 Å². The SMILES string of the molecule is CC(C)(C)NCc1c(Cl)cccc1-n1cc(Br)cn1. The fourth-order valence-electron chi connectivity index (χ4n) is 1.72. The summed E-state index contributed by atoms with van der Waals surface area (Å²) in [5, 5.41) is 8.53. The Morgan fingerprint density at radius 3 is 2.68 bits per heavy atom. The molecular weight excluding hydrogens is 326 g/mol. The van der Waals surface area contributed by atoms with Crippen LogP contribution < -0.4 is 5.32 Å². The summed E-state index contributed by atoms with van der Waals surface area (Å²) in [5.74, 6) is 0. The summed E-state index contributed by atoms with van der Waals surface area (Å²) in [6.07, 6.45) is 3.69. The Labute approximate surface area is 127 Å². The minimum Gasteiger partial charge on any atom is -0.308 e. The van der Waals surface area contributed by atoms with Gasteiger partial charge in [0.25, 0.3) is 0 Å². The van der Waals surface area contributed by atoms with Gasteiger partial charge in [-0.3, -0.25) is 0 Å². The van der Waals surface area contributed by atoms with Gasteiger partial charge in [-0.15, -0.1) is 0 Å². The lowest BCUT2D eigenvalue weighted by Crippen LogP contribution is -2.35. The standard InChI is InChI=1S/C14H17BrClN3/c1-14(2,3)17-8-11-12(16)5-4-6-13(11)19-9-10(15)7-18-19/h4-7,9,17H,8H2,1-3H3. The lowest BCUT2D eigenvalue weighted by Gasteiger charge is -2.22. The third-order valence-electron chi connectivity index (χ3n) is 2.69. The normalized spacial score (nSPS) is 11.8. The highest BCUT2D eigenvalue weighted by molar-refractivity contribution is 9.10. The number of halogens is 2. The molecule has 0 fully saturated rings. The molecule has 1 heterocycles. The molecule has 19 heavy (non-hydrogen) atoms. The van der Waals surface area contributed by atoms with Crippen LogP contribution >= 0.6 is 27.5 Å². The van der Waals surface area contributed by atoms with E-state index in [0.29, 0.717) is 6.54 Å². The Hall–Kier alpha value is -0.840.